The largest absolute Gasteiger partial charge is 0.497 e. The number of carbonyl (C=O) groups excluding carboxylic acids is 4. The van der Waals surface area contributed by atoms with Crippen LogP contribution in [0.4, 0.5) is 11.4 Å². The van der Waals surface area contributed by atoms with E-state index in [1.807, 2.05) is 31.2 Å². The van der Waals surface area contributed by atoms with Crippen LogP contribution in [0.2, 0.25) is 0 Å². The molecule has 4 aromatic rings. The van der Waals surface area contributed by atoms with Gasteiger partial charge in [0, 0.05) is 12.2 Å². The molecule has 1 heterocycles. The van der Waals surface area contributed by atoms with Crippen LogP contribution in [0.25, 0.3) is 0 Å². The summed E-state index contributed by atoms with van der Waals surface area (Å²) in [7, 11) is 4.54. The summed E-state index contributed by atoms with van der Waals surface area (Å²) in [5.74, 6) is -1.09. The molecule has 1 N–H and O–H groups in total. The van der Waals surface area contributed by atoms with E-state index in [1.54, 1.807) is 73.8 Å². The summed E-state index contributed by atoms with van der Waals surface area (Å²) >= 11 is 0. The first-order valence-electron chi connectivity index (χ1n) is 14.2. The number of nitrogens with one attached hydrogen (secondary N) is 1. The smallest absolute Gasteiger partial charge is 0.299 e. The molecule has 0 saturated carbocycles. The van der Waals surface area contributed by atoms with Crippen molar-refractivity contribution in [1.29, 1.82) is 0 Å². The van der Waals surface area contributed by atoms with E-state index >= 15 is 0 Å². The van der Waals surface area contributed by atoms with E-state index in [-0.39, 0.29) is 12.1 Å². The van der Waals surface area contributed by atoms with Crippen molar-refractivity contribution in [3.63, 3.8) is 0 Å². The van der Waals surface area contributed by atoms with E-state index in [4.69, 9.17) is 14.2 Å². The SMILES string of the molecule is COc1ccc(NC(=O)[C@H](c2ccc(OC)c(OC)c2)N(Cc2ccccc2C)C(=O)CN2C(=O)C(=O)c3ccccc32)cc1. The number of para-hydroxylation sites is 1. The predicted molar refractivity (Wildman–Crippen MR) is 169 cm³/mol. The van der Waals surface area contributed by atoms with Crippen molar-refractivity contribution in [3.8, 4) is 17.2 Å². The molecule has 0 bridgehead atoms. The minimum atomic E-state index is -1.18. The topological polar surface area (TPSA) is 114 Å². The number of rotatable bonds is 11. The van der Waals surface area contributed by atoms with E-state index in [1.165, 1.54) is 19.1 Å². The first-order valence-corrected chi connectivity index (χ1v) is 14.2. The third kappa shape index (κ3) is 6.35. The maximum atomic E-state index is 14.4. The molecule has 0 spiro atoms. The Morgan fingerprint density at radius 1 is 0.822 bits per heavy atom. The zero-order valence-electron chi connectivity index (χ0n) is 25.4. The molecule has 0 fully saturated rings. The molecule has 4 aromatic carbocycles. The summed E-state index contributed by atoms with van der Waals surface area (Å²) in [5.41, 5.74) is 3.23. The van der Waals surface area contributed by atoms with E-state index in [0.29, 0.717) is 34.2 Å². The lowest BCUT2D eigenvalue weighted by Crippen LogP contribution is -2.46. The number of anilines is 2. The number of methoxy groups -OCH3 is 3. The van der Waals surface area contributed by atoms with Gasteiger partial charge in [-0.3, -0.25) is 24.1 Å². The van der Waals surface area contributed by atoms with Crippen molar-refractivity contribution in [1.82, 2.24) is 4.90 Å². The van der Waals surface area contributed by atoms with Crippen molar-refractivity contribution in [2.24, 2.45) is 0 Å². The number of hydrogen-bond donors (Lipinski definition) is 1. The number of benzene rings is 4. The van der Waals surface area contributed by atoms with Crippen molar-refractivity contribution < 1.29 is 33.4 Å². The molecule has 45 heavy (non-hydrogen) atoms. The minimum absolute atomic E-state index is 0.0399. The maximum Gasteiger partial charge on any atom is 0.299 e. The van der Waals surface area contributed by atoms with Gasteiger partial charge in [0.05, 0.1) is 32.6 Å². The Balaban J connectivity index is 1.60. The second kappa shape index (κ2) is 13.3. The van der Waals surface area contributed by atoms with Gasteiger partial charge in [-0.15, -0.1) is 0 Å². The van der Waals surface area contributed by atoms with Gasteiger partial charge in [0.15, 0.2) is 11.5 Å². The van der Waals surface area contributed by atoms with Gasteiger partial charge in [0.25, 0.3) is 17.6 Å². The van der Waals surface area contributed by atoms with Crippen LogP contribution in [-0.2, 0) is 20.9 Å². The highest BCUT2D eigenvalue weighted by Crippen LogP contribution is 2.35. The minimum Gasteiger partial charge on any atom is -0.497 e. The molecule has 0 aromatic heterocycles. The molecular weight excluding hydrogens is 574 g/mol. The van der Waals surface area contributed by atoms with E-state index in [0.717, 1.165) is 16.0 Å². The number of ether oxygens (including phenoxy) is 3. The molecule has 5 rings (SSSR count). The van der Waals surface area contributed by atoms with Crippen LogP contribution in [0.1, 0.15) is 33.1 Å². The van der Waals surface area contributed by atoms with Crippen LogP contribution < -0.4 is 24.4 Å². The van der Waals surface area contributed by atoms with Crippen LogP contribution in [0.3, 0.4) is 0 Å². The van der Waals surface area contributed by atoms with E-state index in [2.05, 4.69) is 5.32 Å². The van der Waals surface area contributed by atoms with Gasteiger partial charge in [-0.1, -0.05) is 42.5 Å². The summed E-state index contributed by atoms with van der Waals surface area (Å²) in [6.45, 7) is 1.50. The van der Waals surface area contributed by atoms with Crippen LogP contribution in [-0.4, -0.2) is 56.3 Å². The first kappa shape index (κ1) is 30.8. The molecule has 1 aliphatic rings. The number of ketones is 1. The van der Waals surface area contributed by atoms with E-state index in [9.17, 15) is 19.2 Å². The normalized spacial score (nSPS) is 12.8. The summed E-state index contributed by atoms with van der Waals surface area (Å²) in [6.07, 6.45) is 0. The average Bonchev–Trinajstić information content (AvgIpc) is 3.30. The molecular formula is C35H33N3O7. The van der Waals surface area contributed by atoms with Gasteiger partial charge >= 0.3 is 0 Å². The maximum absolute atomic E-state index is 14.4. The molecule has 230 valence electrons. The fraction of sp³-hybridized carbons (Fsp3) is 0.200. The highest BCUT2D eigenvalue weighted by atomic mass is 16.5. The summed E-state index contributed by atoms with van der Waals surface area (Å²) in [6, 6.07) is 24.7. The first-order chi connectivity index (χ1) is 21.7. The van der Waals surface area contributed by atoms with Crippen LogP contribution >= 0.6 is 0 Å². The Labute approximate surface area is 261 Å². The van der Waals surface area contributed by atoms with E-state index < -0.39 is 36.1 Å². The Kier molecular flexibility index (Phi) is 9.13. The van der Waals surface area contributed by atoms with Gasteiger partial charge in [0.1, 0.15) is 18.3 Å². The molecule has 1 aliphatic heterocycles. The highest BCUT2D eigenvalue weighted by molar-refractivity contribution is 6.52. The molecule has 0 aliphatic carbocycles. The number of carbonyl (C=O) groups is 4. The lowest BCUT2D eigenvalue weighted by Gasteiger charge is -2.33. The van der Waals surface area contributed by atoms with Gasteiger partial charge < -0.3 is 24.4 Å². The van der Waals surface area contributed by atoms with Crippen molar-refractivity contribution in [2.45, 2.75) is 19.5 Å². The Hall–Kier alpha value is -5.64. The van der Waals surface area contributed by atoms with Gasteiger partial charge in [-0.05, 0) is 72.1 Å². The Morgan fingerprint density at radius 3 is 2.20 bits per heavy atom. The number of amides is 3. The lowest BCUT2D eigenvalue weighted by molar-refractivity contribution is -0.139. The molecule has 0 saturated heterocycles. The van der Waals surface area contributed by atoms with Crippen molar-refractivity contribution >= 4 is 34.9 Å². The van der Waals surface area contributed by atoms with Crippen LogP contribution in [0.15, 0.2) is 91.0 Å². The monoisotopic (exact) mass is 607 g/mol. The van der Waals surface area contributed by atoms with Gasteiger partial charge in [-0.2, -0.15) is 0 Å². The number of aryl methyl sites for hydroxylation is 1. The molecule has 3 amide bonds. The fourth-order valence-electron chi connectivity index (χ4n) is 5.31. The zero-order valence-corrected chi connectivity index (χ0v) is 25.4. The lowest BCUT2D eigenvalue weighted by atomic mass is 10.0. The standard InChI is InChI=1S/C35H33N3O7/c1-22-9-5-6-10-24(22)20-38(31(39)21-37-28-12-8-7-11-27(28)33(40)35(37)42)32(23-13-18-29(44-3)30(19-23)45-4)34(41)36-25-14-16-26(43-2)17-15-25/h5-19,32H,20-21H2,1-4H3,(H,36,41)/t32-/m0/s1. The Morgan fingerprint density at radius 2 is 1.51 bits per heavy atom. The fourth-order valence-corrected chi connectivity index (χ4v) is 5.31. The average molecular weight is 608 g/mol. The molecule has 0 unspecified atom stereocenters. The molecule has 10 nitrogen and oxygen atoms in total. The zero-order chi connectivity index (χ0) is 32.1. The highest BCUT2D eigenvalue weighted by Gasteiger charge is 2.39. The number of nitrogens with zero attached hydrogens (tertiary/aromatic N) is 2. The second-order valence-electron chi connectivity index (χ2n) is 10.4. The second-order valence-corrected chi connectivity index (χ2v) is 10.4. The quantitative estimate of drug-likeness (QED) is 0.240. The van der Waals surface area contributed by atoms with Crippen LogP contribution in [0.5, 0.6) is 17.2 Å². The van der Waals surface area contributed by atoms with Crippen molar-refractivity contribution in [3.05, 3.63) is 113 Å². The predicted octanol–water partition coefficient (Wildman–Crippen LogP) is 4.96. The summed E-state index contributed by atoms with van der Waals surface area (Å²) in [5, 5.41) is 2.92. The number of Topliss-reactive ketones (excluding diaryl/α,β-unsaturated/α-hetero) is 1. The molecule has 10 heteroatoms. The third-order valence-corrected chi connectivity index (χ3v) is 7.74. The third-order valence-electron chi connectivity index (χ3n) is 7.74. The summed E-state index contributed by atoms with van der Waals surface area (Å²) < 4.78 is 16.2. The van der Waals surface area contributed by atoms with Crippen molar-refractivity contribution in [2.75, 3.05) is 38.1 Å². The molecule has 1 atom stereocenters. The summed E-state index contributed by atoms with van der Waals surface area (Å²) in [4.78, 5) is 57.0. The van der Waals surface area contributed by atoms with Gasteiger partial charge in [0.2, 0.25) is 5.91 Å². The number of fused-ring (bicyclic) bond motifs is 1. The van der Waals surface area contributed by atoms with Crippen LogP contribution in [0, 0.1) is 6.92 Å². The Bertz CT molecular complexity index is 1750. The number of hydrogen-bond acceptors (Lipinski definition) is 7. The van der Waals surface area contributed by atoms with Gasteiger partial charge in [-0.25, -0.2) is 0 Å². The molecule has 0 radical (unpaired) electrons.